The van der Waals surface area contributed by atoms with Gasteiger partial charge in [-0.05, 0) is 43.1 Å². The van der Waals surface area contributed by atoms with Crippen molar-refractivity contribution < 1.29 is 9.53 Å². The number of carbonyl (C=O) groups is 1. The van der Waals surface area contributed by atoms with E-state index in [-0.39, 0.29) is 11.2 Å². The predicted molar refractivity (Wildman–Crippen MR) is 117 cm³/mol. The summed E-state index contributed by atoms with van der Waals surface area (Å²) in [5, 5.41) is 9.97. The second-order valence-electron chi connectivity index (χ2n) is 9.12. The lowest BCUT2D eigenvalue weighted by molar-refractivity contribution is 0.0905. The Balaban J connectivity index is 1.69. The van der Waals surface area contributed by atoms with Crippen LogP contribution in [-0.4, -0.2) is 30.5 Å². The number of piperidine rings is 1. The Morgan fingerprint density at radius 2 is 1.90 bits per heavy atom. The van der Waals surface area contributed by atoms with Gasteiger partial charge >= 0.3 is 0 Å². The molecule has 2 aromatic rings. The number of anilines is 1. The van der Waals surface area contributed by atoms with Gasteiger partial charge in [-0.1, -0.05) is 44.2 Å². The van der Waals surface area contributed by atoms with Gasteiger partial charge < -0.3 is 9.64 Å². The van der Waals surface area contributed by atoms with Gasteiger partial charge in [-0.15, -0.1) is 0 Å². The highest BCUT2D eigenvalue weighted by Crippen LogP contribution is 2.42. The van der Waals surface area contributed by atoms with E-state index in [1.54, 1.807) is 0 Å². The highest BCUT2D eigenvalue weighted by Gasteiger charge is 2.37. The number of hydrogen-bond acceptors (Lipinski definition) is 5. The number of hydrogen-bond donors (Lipinski definition) is 0. The Kier molecular flexibility index (Phi) is 5.51. The second kappa shape index (κ2) is 8.10. The quantitative estimate of drug-likeness (QED) is 0.727. The maximum atomic E-state index is 12.9. The fourth-order valence-electron chi connectivity index (χ4n) is 4.82. The molecular weight excluding hydrogens is 374 g/mol. The first-order valence-corrected chi connectivity index (χ1v) is 10.9. The standard InChI is InChI=1S/C25H29N3O2/c1-4-30-23-19(16-26)24(27-20-14-25(2,3)15-21(29)22(20)23)28-12-10-18(11-13-28)17-8-6-5-7-9-17/h5-9,18H,4,10-15H2,1-3H3. The number of rotatable bonds is 4. The summed E-state index contributed by atoms with van der Waals surface area (Å²) < 4.78 is 5.88. The van der Waals surface area contributed by atoms with Crippen LogP contribution in [0.25, 0.3) is 0 Å². The van der Waals surface area contributed by atoms with Crippen LogP contribution in [0.15, 0.2) is 30.3 Å². The highest BCUT2D eigenvalue weighted by molar-refractivity contribution is 6.02. The van der Waals surface area contributed by atoms with E-state index in [1.807, 2.05) is 13.0 Å². The minimum atomic E-state index is -0.133. The molecule has 1 saturated heterocycles. The average Bonchev–Trinajstić information content (AvgIpc) is 2.73. The number of benzene rings is 1. The molecule has 1 aromatic heterocycles. The molecule has 0 N–H and O–H groups in total. The third kappa shape index (κ3) is 3.79. The van der Waals surface area contributed by atoms with E-state index in [0.717, 1.165) is 31.6 Å². The SMILES string of the molecule is CCOc1c(C#N)c(N2CCC(c3ccccc3)CC2)nc2c1C(=O)CC(C)(C)C2. The highest BCUT2D eigenvalue weighted by atomic mass is 16.5. The molecule has 1 aromatic carbocycles. The first-order chi connectivity index (χ1) is 14.4. The van der Waals surface area contributed by atoms with Gasteiger partial charge in [-0.2, -0.15) is 5.26 Å². The Bertz CT molecular complexity index is 984. The van der Waals surface area contributed by atoms with Crippen LogP contribution >= 0.6 is 0 Å². The fourth-order valence-corrected chi connectivity index (χ4v) is 4.82. The van der Waals surface area contributed by atoms with Gasteiger partial charge in [0.1, 0.15) is 11.6 Å². The summed E-state index contributed by atoms with van der Waals surface area (Å²) in [6.45, 7) is 8.16. The van der Waals surface area contributed by atoms with Crippen molar-refractivity contribution in [3.05, 3.63) is 52.7 Å². The molecule has 1 fully saturated rings. The Labute approximate surface area is 178 Å². The minimum Gasteiger partial charge on any atom is -0.492 e. The first kappa shape index (κ1) is 20.4. The predicted octanol–water partition coefficient (Wildman–Crippen LogP) is 4.89. The molecule has 2 aliphatic rings. The van der Waals surface area contributed by atoms with Crippen molar-refractivity contribution >= 4 is 11.6 Å². The zero-order chi connectivity index (χ0) is 21.3. The molecule has 0 unspecified atom stereocenters. The van der Waals surface area contributed by atoms with Crippen molar-refractivity contribution in [1.29, 1.82) is 5.26 Å². The van der Waals surface area contributed by atoms with Gasteiger partial charge in [-0.25, -0.2) is 4.98 Å². The maximum Gasteiger partial charge on any atom is 0.169 e. The second-order valence-corrected chi connectivity index (χ2v) is 9.12. The van der Waals surface area contributed by atoms with Crippen molar-refractivity contribution in [3.63, 3.8) is 0 Å². The molecule has 156 valence electrons. The third-order valence-electron chi connectivity index (χ3n) is 6.24. The number of ketones is 1. The van der Waals surface area contributed by atoms with Gasteiger partial charge in [0, 0.05) is 19.5 Å². The van der Waals surface area contributed by atoms with E-state index in [9.17, 15) is 10.1 Å². The van der Waals surface area contributed by atoms with Gasteiger partial charge in [0.25, 0.3) is 0 Å². The normalized spacial score (nSPS) is 18.6. The molecule has 0 bridgehead atoms. The monoisotopic (exact) mass is 403 g/mol. The largest absolute Gasteiger partial charge is 0.492 e. The van der Waals surface area contributed by atoms with Crippen LogP contribution < -0.4 is 9.64 Å². The number of Topliss-reactive ketones (excluding diaryl/α,β-unsaturated/α-hetero) is 1. The van der Waals surface area contributed by atoms with Crippen molar-refractivity contribution in [2.45, 2.75) is 52.4 Å². The number of aromatic nitrogens is 1. The van der Waals surface area contributed by atoms with E-state index in [4.69, 9.17) is 9.72 Å². The molecule has 1 aliphatic carbocycles. The number of pyridine rings is 1. The fraction of sp³-hybridized carbons (Fsp3) is 0.480. The number of nitriles is 1. The summed E-state index contributed by atoms with van der Waals surface area (Å²) in [5.41, 5.74) is 2.95. The molecule has 0 saturated carbocycles. The zero-order valence-electron chi connectivity index (χ0n) is 18.1. The lowest BCUT2D eigenvalue weighted by Crippen LogP contribution is -2.36. The van der Waals surface area contributed by atoms with E-state index in [0.29, 0.717) is 48.1 Å². The van der Waals surface area contributed by atoms with Crippen LogP contribution in [0.1, 0.15) is 73.1 Å². The molecule has 0 radical (unpaired) electrons. The van der Waals surface area contributed by atoms with Gasteiger partial charge in [-0.3, -0.25) is 4.79 Å². The number of carbonyl (C=O) groups excluding carboxylic acids is 1. The lowest BCUT2D eigenvalue weighted by Gasteiger charge is -2.36. The average molecular weight is 404 g/mol. The molecule has 0 amide bonds. The van der Waals surface area contributed by atoms with E-state index < -0.39 is 0 Å². The van der Waals surface area contributed by atoms with Crippen LogP contribution in [0, 0.1) is 16.7 Å². The van der Waals surface area contributed by atoms with Crippen LogP contribution in [0.2, 0.25) is 0 Å². The molecule has 1 aliphatic heterocycles. The Morgan fingerprint density at radius 1 is 1.20 bits per heavy atom. The van der Waals surface area contributed by atoms with Crippen LogP contribution in [-0.2, 0) is 6.42 Å². The van der Waals surface area contributed by atoms with Crippen molar-refractivity contribution in [3.8, 4) is 11.8 Å². The van der Waals surface area contributed by atoms with Crippen molar-refractivity contribution in [2.75, 3.05) is 24.6 Å². The summed E-state index contributed by atoms with van der Waals surface area (Å²) in [6.07, 6.45) is 3.20. The summed E-state index contributed by atoms with van der Waals surface area (Å²) >= 11 is 0. The molecule has 5 heteroatoms. The lowest BCUT2D eigenvalue weighted by atomic mass is 9.75. The minimum absolute atomic E-state index is 0.0306. The maximum absolute atomic E-state index is 12.9. The van der Waals surface area contributed by atoms with E-state index in [1.165, 1.54) is 5.56 Å². The molecule has 2 heterocycles. The summed E-state index contributed by atoms with van der Waals surface area (Å²) in [7, 11) is 0. The van der Waals surface area contributed by atoms with E-state index in [2.05, 4.69) is 49.1 Å². The van der Waals surface area contributed by atoms with Crippen molar-refractivity contribution in [1.82, 2.24) is 4.98 Å². The van der Waals surface area contributed by atoms with Gasteiger partial charge in [0.15, 0.2) is 17.4 Å². The van der Waals surface area contributed by atoms with Crippen molar-refractivity contribution in [2.24, 2.45) is 5.41 Å². The van der Waals surface area contributed by atoms with Crippen LogP contribution in [0.3, 0.4) is 0 Å². The molecule has 5 nitrogen and oxygen atoms in total. The third-order valence-corrected chi connectivity index (χ3v) is 6.24. The Hall–Kier alpha value is -2.87. The molecular formula is C25H29N3O2. The molecule has 30 heavy (non-hydrogen) atoms. The van der Waals surface area contributed by atoms with Crippen LogP contribution in [0.4, 0.5) is 5.82 Å². The van der Waals surface area contributed by atoms with Gasteiger partial charge in [0.2, 0.25) is 0 Å². The zero-order valence-corrected chi connectivity index (χ0v) is 18.1. The van der Waals surface area contributed by atoms with Crippen LogP contribution in [0.5, 0.6) is 5.75 Å². The summed E-state index contributed by atoms with van der Waals surface area (Å²) in [4.78, 5) is 20.0. The van der Waals surface area contributed by atoms with E-state index >= 15 is 0 Å². The molecule has 4 rings (SSSR count). The Morgan fingerprint density at radius 3 is 2.53 bits per heavy atom. The number of fused-ring (bicyclic) bond motifs is 1. The smallest absolute Gasteiger partial charge is 0.169 e. The molecule has 0 spiro atoms. The summed E-state index contributed by atoms with van der Waals surface area (Å²) in [6, 6.07) is 12.9. The number of nitrogens with zero attached hydrogens (tertiary/aromatic N) is 3. The first-order valence-electron chi connectivity index (χ1n) is 10.9. The van der Waals surface area contributed by atoms with Gasteiger partial charge in [0.05, 0.1) is 17.9 Å². The molecule has 0 atom stereocenters. The number of ether oxygens (including phenoxy) is 1. The summed E-state index contributed by atoms with van der Waals surface area (Å²) in [5.74, 6) is 1.67. The topological polar surface area (TPSA) is 66.2 Å².